The lowest BCUT2D eigenvalue weighted by molar-refractivity contribution is -0.124. The Morgan fingerprint density at radius 3 is 2.44 bits per heavy atom. The Kier molecular flexibility index (Phi) is 5.34. The van der Waals surface area contributed by atoms with Crippen molar-refractivity contribution in [2.75, 3.05) is 0 Å². The molecule has 0 heterocycles. The minimum atomic E-state index is -0.111. The highest BCUT2D eigenvalue weighted by Gasteiger charge is 2.33. The van der Waals surface area contributed by atoms with Gasteiger partial charge in [0.1, 0.15) is 11.2 Å². The molecule has 2 atom stereocenters. The van der Waals surface area contributed by atoms with E-state index in [-0.39, 0.29) is 11.2 Å². The van der Waals surface area contributed by atoms with Crippen molar-refractivity contribution >= 4 is 17.5 Å². The van der Waals surface area contributed by atoms with E-state index in [2.05, 4.69) is 19.2 Å². The van der Waals surface area contributed by atoms with Crippen molar-refractivity contribution in [2.24, 2.45) is 17.8 Å². The zero-order valence-corrected chi connectivity index (χ0v) is 11.2. The zero-order chi connectivity index (χ0) is 12.1. The lowest BCUT2D eigenvalue weighted by atomic mass is 9.74. The molecule has 0 aromatic carbocycles. The third-order valence-corrected chi connectivity index (χ3v) is 4.32. The molecule has 0 radical (unpaired) electrons. The van der Waals surface area contributed by atoms with Crippen LogP contribution in [-0.4, -0.2) is 11.0 Å². The summed E-state index contributed by atoms with van der Waals surface area (Å²) < 4.78 is 0. The minimum absolute atomic E-state index is 0.111. The van der Waals surface area contributed by atoms with Crippen LogP contribution in [0.3, 0.4) is 0 Å². The SMILES string of the molecule is CC(C)CC(SC#N)C(=O)C(C)C1CCC1. The van der Waals surface area contributed by atoms with E-state index in [9.17, 15) is 4.79 Å². The van der Waals surface area contributed by atoms with Crippen LogP contribution in [0.4, 0.5) is 0 Å². The van der Waals surface area contributed by atoms with Crippen molar-refractivity contribution in [3.05, 3.63) is 0 Å². The number of thioether (sulfide) groups is 1. The second-order valence-corrected chi connectivity index (χ2v) is 6.20. The molecule has 1 saturated carbocycles. The molecule has 0 aliphatic heterocycles. The van der Waals surface area contributed by atoms with E-state index in [1.165, 1.54) is 19.3 Å². The Hall–Kier alpha value is -0.490. The molecule has 0 N–H and O–H groups in total. The lowest BCUT2D eigenvalue weighted by Gasteiger charge is -2.32. The van der Waals surface area contributed by atoms with E-state index in [1.807, 2.05) is 6.92 Å². The number of carbonyl (C=O) groups is 1. The molecule has 2 unspecified atom stereocenters. The van der Waals surface area contributed by atoms with E-state index in [0.29, 0.717) is 17.6 Å². The highest BCUT2D eigenvalue weighted by molar-refractivity contribution is 8.04. The summed E-state index contributed by atoms with van der Waals surface area (Å²) in [5.74, 6) is 1.51. The first-order chi connectivity index (χ1) is 7.56. The fourth-order valence-electron chi connectivity index (χ4n) is 2.18. The van der Waals surface area contributed by atoms with Gasteiger partial charge in [0, 0.05) is 5.92 Å². The molecule has 3 heteroatoms. The molecule has 16 heavy (non-hydrogen) atoms. The number of hydrogen-bond acceptors (Lipinski definition) is 3. The van der Waals surface area contributed by atoms with Gasteiger partial charge in [-0.05, 0) is 42.9 Å². The lowest BCUT2D eigenvalue weighted by Crippen LogP contribution is -2.33. The van der Waals surface area contributed by atoms with Gasteiger partial charge in [-0.3, -0.25) is 4.79 Å². The summed E-state index contributed by atoms with van der Waals surface area (Å²) in [6.07, 6.45) is 4.48. The van der Waals surface area contributed by atoms with Gasteiger partial charge in [-0.15, -0.1) is 0 Å². The van der Waals surface area contributed by atoms with Crippen LogP contribution < -0.4 is 0 Å². The Morgan fingerprint density at radius 1 is 1.44 bits per heavy atom. The summed E-state index contributed by atoms with van der Waals surface area (Å²) in [5.41, 5.74) is 0. The third kappa shape index (κ3) is 3.52. The Labute approximate surface area is 103 Å². The maximum Gasteiger partial charge on any atom is 0.149 e. The summed E-state index contributed by atoms with van der Waals surface area (Å²) in [4.78, 5) is 12.2. The smallest absolute Gasteiger partial charge is 0.149 e. The maximum atomic E-state index is 12.2. The number of nitriles is 1. The first kappa shape index (κ1) is 13.6. The van der Waals surface area contributed by atoms with Gasteiger partial charge in [0.2, 0.25) is 0 Å². The molecule has 0 aromatic heterocycles. The van der Waals surface area contributed by atoms with Crippen LogP contribution in [0.15, 0.2) is 0 Å². The van der Waals surface area contributed by atoms with Gasteiger partial charge in [-0.1, -0.05) is 27.2 Å². The standard InChI is InChI=1S/C13H21NOS/c1-9(2)7-12(16-8-14)13(15)10(3)11-5-4-6-11/h9-12H,4-7H2,1-3H3. The van der Waals surface area contributed by atoms with Gasteiger partial charge in [0.15, 0.2) is 0 Å². The molecular formula is C13H21NOS. The molecule has 0 amide bonds. The van der Waals surface area contributed by atoms with Gasteiger partial charge in [0.05, 0.1) is 5.25 Å². The summed E-state index contributed by atoms with van der Waals surface area (Å²) in [7, 11) is 0. The molecular weight excluding hydrogens is 218 g/mol. The highest BCUT2D eigenvalue weighted by Crippen LogP contribution is 2.36. The number of Topliss-reactive ketones (excluding diaryl/α,β-unsaturated/α-hetero) is 1. The Morgan fingerprint density at radius 2 is 2.06 bits per heavy atom. The molecule has 0 saturated heterocycles. The number of hydrogen-bond donors (Lipinski definition) is 0. The molecule has 0 bridgehead atoms. The molecule has 1 aliphatic rings. The van der Waals surface area contributed by atoms with Crippen molar-refractivity contribution in [3.63, 3.8) is 0 Å². The Balaban J connectivity index is 2.55. The van der Waals surface area contributed by atoms with Crippen molar-refractivity contribution < 1.29 is 4.79 Å². The predicted octanol–water partition coefficient (Wildman–Crippen LogP) is 3.62. The highest BCUT2D eigenvalue weighted by atomic mass is 32.2. The number of thiocyanates is 1. The van der Waals surface area contributed by atoms with E-state index < -0.39 is 0 Å². The first-order valence-corrected chi connectivity index (χ1v) is 7.02. The quantitative estimate of drug-likeness (QED) is 0.665. The largest absolute Gasteiger partial charge is 0.298 e. The van der Waals surface area contributed by atoms with Crippen molar-refractivity contribution in [2.45, 2.75) is 51.7 Å². The normalized spacial score (nSPS) is 19.9. The monoisotopic (exact) mass is 239 g/mol. The molecule has 0 spiro atoms. The molecule has 1 fully saturated rings. The first-order valence-electron chi connectivity index (χ1n) is 6.14. The zero-order valence-electron chi connectivity index (χ0n) is 10.4. The van der Waals surface area contributed by atoms with E-state index in [4.69, 9.17) is 5.26 Å². The van der Waals surface area contributed by atoms with Crippen LogP contribution in [0.5, 0.6) is 0 Å². The minimum Gasteiger partial charge on any atom is -0.298 e. The van der Waals surface area contributed by atoms with Crippen LogP contribution in [0.25, 0.3) is 0 Å². The van der Waals surface area contributed by atoms with Gasteiger partial charge in [0.25, 0.3) is 0 Å². The summed E-state index contributed by atoms with van der Waals surface area (Å²) >= 11 is 1.15. The fraction of sp³-hybridized carbons (Fsp3) is 0.846. The van der Waals surface area contributed by atoms with Crippen LogP contribution in [0.2, 0.25) is 0 Å². The molecule has 1 aliphatic carbocycles. The van der Waals surface area contributed by atoms with Crippen molar-refractivity contribution in [3.8, 4) is 5.40 Å². The van der Waals surface area contributed by atoms with E-state index in [1.54, 1.807) is 0 Å². The topological polar surface area (TPSA) is 40.9 Å². The number of carbonyl (C=O) groups excluding carboxylic acids is 1. The van der Waals surface area contributed by atoms with Crippen molar-refractivity contribution in [1.29, 1.82) is 5.26 Å². The fourth-order valence-corrected chi connectivity index (χ4v) is 3.12. The van der Waals surface area contributed by atoms with Crippen LogP contribution >= 0.6 is 11.8 Å². The molecule has 0 aromatic rings. The second-order valence-electron chi connectivity index (χ2n) is 5.21. The molecule has 2 nitrogen and oxygen atoms in total. The molecule has 1 rings (SSSR count). The van der Waals surface area contributed by atoms with E-state index >= 15 is 0 Å². The summed E-state index contributed by atoms with van der Waals surface area (Å²) in [5, 5.41) is 10.7. The summed E-state index contributed by atoms with van der Waals surface area (Å²) in [6.45, 7) is 6.25. The van der Waals surface area contributed by atoms with Crippen LogP contribution in [0, 0.1) is 28.4 Å². The second kappa shape index (κ2) is 6.30. The van der Waals surface area contributed by atoms with Gasteiger partial charge in [-0.25, -0.2) is 0 Å². The van der Waals surface area contributed by atoms with Crippen molar-refractivity contribution in [1.82, 2.24) is 0 Å². The van der Waals surface area contributed by atoms with E-state index in [0.717, 1.165) is 18.2 Å². The van der Waals surface area contributed by atoms with Crippen LogP contribution in [0.1, 0.15) is 46.5 Å². The average Bonchev–Trinajstić information content (AvgIpc) is 2.12. The number of ketones is 1. The number of rotatable bonds is 6. The van der Waals surface area contributed by atoms with Crippen LogP contribution in [-0.2, 0) is 4.79 Å². The summed E-state index contributed by atoms with van der Waals surface area (Å²) in [6, 6.07) is 0. The van der Waals surface area contributed by atoms with Gasteiger partial charge >= 0.3 is 0 Å². The van der Waals surface area contributed by atoms with Gasteiger partial charge in [-0.2, -0.15) is 5.26 Å². The maximum absolute atomic E-state index is 12.2. The predicted molar refractivity (Wildman–Crippen MR) is 68.0 cm³/mol. The van der Waals surface area contributed by atoms with Gasteiger partial charge < -0.3 is 0 Å². The third-order valence-electron chi connectivity index (χ3n) is 3.50. The molecule has 90 valence electrons. The average molecular weight is 239 g/mol. The number of nitrogens with zero attached hydrogens (tertiary/aromatic N) is 1. The Bertz CT molecular complexity index is 278.